The summed E-state index contributed by atoms with van der Waals surface area (Å²) >= 11 is 0. The van der Waals surface area contributed by atoms with E-state index in [2.05, 4.69) is 0 Å². The molecule has 164 valence electrons. The van der Waals surface area contributed by atoms with Crippen molar-refractivity contribution in [3.63, 3.8) is 0 Å². The fourth-order valence-electron chi connectivity index (χ4n) is 4.55. The summed E-state index contributed by atoms with van der Waals surface area (Å²) in [6.07, 6.45) is 1.44. The van der Waals surface area contributed by atoms with Crippen molar-refractivity contribution in [2.24, 2.45) is 7.05 Å². The van der Waals surface area contributed by atoms with Gasteiger partial charge >= 0.3 is 0 Å². The summed E-state index contributed by atoms with van der Waals surface area (Å²) in [6, 6.07) is 18.9. The van der Waals surface area contributed by atoms with E-state index in [1.54, 1.807) is 11.6 Å². The highest BCUT2D eigenvalue weighted by Crippen LogP contribution is 2.44. The first-order chi connectivity index (χ1) is 15.5. The van der Waals surface area contributed by atoms with Crippen LogP contribution < -0.4 is 15.0 Å². The molecule has 0 saturated carbocycles. The largest absolute Gasteiger partial charge is 0.490 e. The van der Waals surface area contributed by atoms with Crippen LogP contribution in [0.5, 0.6) is 17.2 Å². The van der Waals surface area contributed by atoms with Gasteiger partial charge in [-0.25, -0.2) is 0 Å². The smallest absolute Gasteiger partial charge is 0.254 e. The lowest BCUT2D eigenvalue weighted by Crippen LogP contribution is -2.44. The Morgan fingerprint density at radius 1 is 0.969 bits per heavy atom. The number of nitrogens with zero attached hydrogens (tertiary/aromatic N) is 2. The van der Waals surface area contributed by atoms with Crippen molar-refractivity contribution in [1.82, 2.24) is 9.47 Å². The Balaban J connectivity index is 1.32. The Kier molecular flexibility index (Phi) is 5.21. The molecule has 1 fully saturated rings. The minimum atomic E-state index is -0.367. The maximum atomic E-state index is 13.7. The monoisotopic (exact) mass is 430 g/mol. The molecule has 3 aromatic rings. The number of carbonyl (C=O) groups excluding carboxylic acids is 1. The van der Waals surface area contributed by atoms with Crippen LogP contribution in [0.15, 0.2) is 65.5 Å². The zero-order chi connectivity index (χ0) is 22.2. The molecule has 1 saturated heterocycles. The second-order valence-electron chi connectivity index (χ2n) is 8.48. The molecular weight excluding hydrogens is 404 g/mol. The molecule has 0 bridgehead atoms. The van der Waals surface area contributed by atoms with Crippen LogP contribution in [0.25, 0.3) is 0 Å². The second kappa shape index (κ2) is 8.19. The predicted octanol–water partition coefficient (Wildman–Crippen LogP) is 4.00. The summed E-state index contributed by atoms with van der Waals surface area (Å²) in [5.41, 5.74) is 2.59. The van der Waals surface area contributed by atoms with Crippen molar-refractivity contribution in [1.29, 1.82) is 0 Å². The van der Waals surface area contributed by atoms with E-state index < -0.39 is 0 Å². The topological polar surface area (TPSA) is 60.8 Å². The van der Waals surface area contributed by atoms with E-state index in [9.17, 15) is 9.59 Å². The normalized spacial score (nSPS) is 16.1. The third-order valence-electron chi connectivity index (χ3n) is 6.46. The van der Waals surface area contributed by atoms with E-state index in [0.717, 1.165) is 41.2 Å². The van der Waals surface area contributed by atoms with Crippen LogP contribution in [-0.2, 0) is 11.8 Å². The first-order valence-electron chi connectivity index (χ1n) is 11.0. The van der Waals surface area contributed by atoms with E-state index in [-0.39, 0.29) is 23.5 Å². The number of benzene rings is 2. The molecule has 0 atom stereocenters. The number of para-hydroxylation sites is 2. The molecule has 6 nitrogen and oxygen atoms in total. The Bertz CT molecular complexity index is 1180. The number of hydrogen-bond donors (Lipinski definition) is 0. The molecular formula is C26H26N2O4. The van der Waals surface area contributed by atoms with Gasteiger partial charge in [-0.05, 0) is 25.1 Å². The molecule has 0 unspecified atom stereocenters. The van der Waals surface area contributed by atoms with Crippen molar-refractivity contribution in [2.75, 3.05) is 13.1 Å². The standard InChI is InChI=1S/C26H26N2O4/c1-17-15-19(16-24(29)27(17)2)31-18-11-13-28(14-12-18)26(30)25-20-7-3-5-9-22(20)32-23-10-6-4-8-21(23)25/h3-10,15-16,18,25H,11-14H2,1-2H3. The number of carbonyl (C=O) groups is 1. The number of hydrogen-bond acceptors (Lipinski definition) is 4. The third-order valence-corrected chi connectivity index (χ3v) is 6.46. The number of pyridine rings is 1. The summed E-state index contributed by atoms with van der Waals surface area (Å²) in [6.45, 7) is 3.13. The van der Waals surface area contributed by atoms with Gasteiger partial charge in [-0.2, -0.15) is 0 Å². The van der Waals surface area contributed by atoms with Gasteiger partial charge in [0.25, 0.3) is 5.56 Å². The molecule has 1 amide bonds. The van der Waals surface area contributed by atoms with Gasteiger partial charge in [-0.1, -0.05) is 36.4 Å². The van der Waals surface area contributed by atoms with Crippen LogP contribution in [-0.4, -0.2) is 34.6 Å². The molecule has 0 N–H and O–H groups in total. The predicted molar refractivity (Wildman–Crippen MR) is 121 cm³/mol. The number of aromatic nitrogens is 1. The van der Waals surface area contributed by atoms with E-state index in [1.807, 2.05) is 66.4 Å². The van der Waals surface area contributed by atoms with Crippen molar-refractivity contribution >= 4 is 5.91 Å². The molecule has 1 aromatic heterocycles. The number of aryl methyl sites for hydroxylation is 1. The highest BCUT2D eigenvalue weighted by Gasteiger charge is 2.36. The molecule has 0 spiro atoms. The molecule has 0 aliphatic carbocycles. The highest BCUT2D eigenvalue weighted by molar-refractivity contribution is 5.89. The molecule has 3 heterocycles. The fourth-order valence-corrected chi connectivity index (χ4v) is 4.55. The summed E-state index contributed by atoms with van der Waals surface area (Å²) < 4.78 is 13.7. The van der Waals surface area contributed by atoms with Gasteiger partial charge in [0.15, 0.2) is 0 Å². The van der Waals surface area contributed by atoms with Gasteiger partial charge in [0, 0.05) is 55.9 Å². The molecule has 2 aliphatic rings. The third kappa shape index (κ3) is 3.66. The lowest BCUT2D eigenvalue weighted by molar-refractivity contribution is -0.133. The zero-order valence-corrected chi connectivity index (χ0v) is 18.3. The Labute approximate surface area is 187 Å². The van der Waals surface area contributed by atoms with Crippen LogP contribution in [0, 0.1) is 6.92 Å². The van der Waals surface area contributed by atoms with Crippen LogP contribution in [0.3, 0.4) is 0 Å². The average molecular weight is 431 g/mol. The van der Waals surface area contributed by atoms with Gasteiger partial charge in [-0.3, -0.25) is 9.59 Å². The highest BCUT2D eigenvalue weighted by atomic mass is 16.5. The first-order valence-corrected chi connectivity index (χ1v) is 11.0. The van der Waals surface area contributed by atoms with Crippen molar-refractivity contribution in [3.05, 3.63) is 87.8 Å². The average Bonchev–Trinajstić information content (AvgIpc) is 2.81. The minimum Gasteiger partial charge on any atom is -0.490 e. The maximum absolute atomic E-state index is 13.7. The van der Waals surface area contributed by atoms with Crippen LogP contribution in [0.4, 0.5) is 0 Å². The molecule has 5 rings (SSSR count). The van der Waals surface area contributed by atoms with Gasteiger partial charge in [0.2, 0.25) is 5.91 Å². The lowest BCUT2D eigenvalue weighted by Gasteiger charge is -2.36. The van der Waals surface area contributed by atoms with E-state index in [0.29, 0.717) is 18.8 Å². The summed E-state index contributed by atoms with van der Waals surface area (Å²) in [7, 11) is 1.75. The fraction of sp³-hybridized carbons (Fsp3) is 0.308. The zero-order valence-electron chi connectivity index (χ0n) is 18.3. The number of amides is 1. The summed E-state index contributed by atoms with van der Waals surface area (Å²) in [5.74, 6) is 1.81. The van der Waals surface area contributed by atoms with Gasteiger partial charge in [0.1, 0.15) is 23.4 Å². The second-order valence-corrected chi connectivity index (χ2v) is 8.48. The number of ether oxygens (including phenoxy) is 2. The van der Waals surface area contributed by atoms with Gasteiger partial charge in [-0.15, -0.1) is 0 Å². The minimum absolute atomic E-state index is 0.0141. The molecule has 32 heavy (non-hydrogen) atoms. The Morgan fingerprint density at radius 3 is 2.16 bits per heavy atom. The van der Waals surface area contributed by atoms with Crippen LogP contribution in [0.1, 0.15) is 35.6 Å². The van der Waals surface area contributed by atoms with Crippen LogP contribution in [0.2, 0.25) is 0 Å². The van der Waals surface area contributed by atoms with Crippen molar-refractivity contribution in [3.8, 4) is 17.2 Å². The Hall–Kier alpha value is -3.54. The SMILES string of the molecule is Cc1cc(OC2CCN(C(=O)C3c4ccccc4Oc4ccccc43)CC2)cc(=O)n1C. The molecule has 2 aromatic carbocycles. The van der Waals surface area contributed by atoms with Crippen LogP contribution >= 0.6 is 0 Å². The van der Waals surface area contributed by atoms with Crippen molar-refractivity contribution in [2.45, 2.75) is 31.8 Å². The first kappa shape index (κ1) is 20.4. The maximum Gasteiger partial charge on any atom is 0.254 e. The number of likely N-dealkylation sites (tertiary alicyclic amines) is 1. The molecule has 0 radical (unpaired) electrons. The van der Waals surface area contributed by atoms with Gasteiger partial charge in [0.05, 0.1) is 5.92 Å². The lowest BCUT2D eigenvalue weighted by atomic mass is 9.86. The summed E-state index contributed by atoms with van der Waals surface area (Å²) in [4.78, 5) is 27.6. The molecule has 6 heteroatoms. The number of piperidine rings is 1. The van der Waals surface area contributed by atoms with E-state index in [1.165, 1.54) is 6.07 Å². The molecule has 2 aliphatic heterocycles. The Morgan fingerprint density at radius 2 is 1.56 bits per heavy atom. The van der Waals surface area contributed by atoms with Gasteiger partial charge < -0.3 is 18.9 Å². The van der Waals surface area contributed by atoms with E-state index >= 15 is 0 Å². The quantitative estimate of drug-likeness (QED) is 0.630. The van der Waals surface area contributed by atoms with Crippen molar-refractivity contribution < 1.29 is 14.3 Å². The van der Waals surface area contributed by atoms with E-state index in [4.69, 9.17) is 9.47 Å². The number of rotatable bonds is 3. The summed E-state index contributed by atoms with van der Waals surface area (Å²) in [5, 5.41) is 0. The number of fused-ring (bicyclic) bond motifs is 2.